The van der Waals surface area contributed by atoms with Gasteiger partial charge in [0.2, 0.25) is 0 Å². The molecule has 3 heterocycles. The van der Waals surface area contributed by atoms with Crippen LogP contribution >= 0.6 is 0 Å². The van der Waals surface area contributed by atoms with Crippen molar-refractivity contribution in [2.24, 2.45) is 0 Å². The van der Waals surface area contributed by atoms with Crippen LogP contribution in [0.25, 0.3) is 11.0 Å². The molecular weight excluding hydrogens is 406 g/mol. The summed E-state index contributed by atoms with van der Waals surface area (Å²) in [6.45, 7) is 8.51. The van der Waals surface area contributed by atoms with E-state index in [1.807, 2.05) is 35.9 Å². The van der Waals surface area contributed by atoms with Gasteiger partial charge in [0.15, 0.2) is 5.65 Å². The summed E-state index contributed by atoms with van der Waals surface area (Å²) in [5, 5.41) is 8.45. The molecule has 1 aromatic carbocycles. The highest BCUT2D eigenvalue weighted by Crippen LogP contribution is 2.25. The molecule has 1 saturated heterocycles. The Morgan fingerprint density at radius 1 is 1.19 bits per heavy atom. The number of hydrogen-bond acceptors (Lipinski definition) is 6. The van der Waals surface area contributed by atoms with Crippen LogP contribution in [0, 0.1) is 6.92 Å². The van der Waals surface area contributed by atoms with Gasteiger partial charge in [0.05, 0.1) is 31.4 Å². The number of aryl methyl sites for hydroxylation is 1. The molecule has 0 spiro atoms. The number of carbonyl (C=O) groups excluding carboxylic acids is 1. The minimum absolute atomic E-state index is 0.0706. The SMILES string of the molecule is COc1cc(CN2CCC(NC(=O)c3cc(C)nc4c3cnn4C(C)C)C2)cc(OC)c1. The average molecular weight is 438 g/mol. The van der Waals surface area contributed by atoms with E-state index in [1.54, 1.807) is 20.4 Å². The molecular formula is C24H31N5O3. The van der Waals surface area contributed by atoms with E-state index in [0.29, 0.717) is 5.56 Å². The summed E-state index contributed by atoms with van der Waals surface area (Å²) in [6, 6.07) is 8.04. The summed E-state index contributed by atoms with van der Waals surface area (Å²) in [4.78, 5) is 20.1. The predicted octanol–water partition coefficient (Wildman–Crippen LogP) is 3.34. The van der Waals surface area contributed by atoms with Crippen LogP contribution in [0.1, 0.15) is 47.9 Å². The fraction of sp³-hybridized carbons (Fsp3) is 0.458. The zero-order chi connectivity index (χ0) is 22.8. The molecule has 1 amide bonds. The predicted molar refractivity (Wildman–Crippen MR) is 123 cm³/mol. The molecule has 1 aliphatic rings. The summed E-state index contributed by atoms with van der Waals surface area (Å²) in [5.74, 6) is 1.49. The summed E-state index contributed by atoms with van der Waals surface area (Å²) >= 11 is 0. The smallest absolute Gasteiger partial charge is 0.252 e. The minimum atomic E-state index is -0.0706. The molecule has 8 nitrogen and oxygen atoms in total. The van der Waals surface area contributed by atoms with Crippen LogP contribution in [0.2, 0.25) is 0 Å². The maximum Gasteiger partial charge on any atom is 0.252 e. The molecule has 2 aromatic heterocycles. The fourth-order valence-electron chi connectivity index (χ4n) is 4.28. The Morgan fingerprint density at radius 3 is 2.56 bits per heavy atom. The number of hydrogen-bond donors (Lipinski definition) is 1. The Labute approximate surface area is 188 Å². The third-order valence-corrected chi connectivity index (χ3v) is 5.85. The molecule has 1 N–H and O–H groups in total. The van der Waals surface area contributed by atoms with Crippen molar-refractivity contribution >= 4 is 16.9 Å². The van der Waals surface area contributed by atoms with E-state index in [0.717, 1.165) is 59.8 Å². The van der Waals surface area contributed by atoms with Crippen molar-refractivity contribution in [1.29, 1.82) is 0 Å². The molecule has 4 rings (SSSR count). The number of amides is 1. The molecule has 1 aliphatic heterocycles. The summed E-state index contributed by atoms with van der Waals surface area (Å²) in [5.41, 5.74) is 3.33. The first-order chi connectivity index (χ1) is 15.4. The first-order valence-corrected chi connectivity index (χ1v) is 11.0. The van der Waals surface area contributed by atoms with Crippen molar-refractivity contribution in [2.75, 3.05) is 27.3 Å². The third kappa shape index (κ3) is 4.55. The number of nitrogens with one attached hydrogen (secondary N) is 1. The molecule has 1 unspecified atom stereocenters. The van der Waals surface area contributed by atoms with E-state index in [4.69, 9.17) is 9.47 Å². The van der Waals surface area contributed by atoms with Crippen molar-refractivity contribution in [1.82, 2.24) is 25.0 Å². The van der Waals surface area contributed by atoms with Crippen molar-refractivity contribution in [3.63, 3.8) is 0 Å². The molecule has 0 bridgehead atoms. The van der Waals surface area contributed by atoms with Crippen molar-refractivity contribution < 1.29 is 14.3 Å². The number of carbonyl (C=O) groups is 1. The average Bonchev–Trinajstić information content (AvgIpc) is 3.39. The number of ether oxygens (including phenoxy) is 2. The lowest BCUT2D eigenvalue weighted by Crippen LogP contribution is -2.37. The quantitative estimate of drug-likeness (QED) is 0.611. The number of rotatable bonds is 7. The monoisotopic (exact) mass is 437 g/mol. The van der Waals surface area contributed by atoms with Gasteiger partial charge in [-0.2, -0.15) is 5.10 Å². The Balaban J connectivity index is 1.45. The molecule has 32 heavy (non-hydrogen) atoms. The summed E-state index contributed by atoms with van der Waals surface area (Å²) in [6.07, 6.45) is 2.65. The van der Waals surface area contributed by atoms with Crippen LogP contribution < -0.4 is 14.8 Å². The number of pyridine rings is 1. The topological polar surface area (TPSA) is 81.5 Å². The minimum Gasteiger partial charge on any atom is -0.497 e. The van der Waals surface area contributed by atoms with Gasteiger partial charge in [-0.25, -0.2) is 9.67 Å². The Bertz CT molecular complexity index is 1100. The van der Waals surface area contributed by atoms with E-state index >= 15 is 0 Å². The van der Waals surface area contributed by atoms with E-state index in [-0.39, 0.29) is 18.0 Å². The molecule has 1 fully saturated rings. The molecule has 170 valence electrons. The van der Waals surface area contributed by atoms with Gasteiger partial charge < -0.3 is 14.8 Å². The molecule has 0 radical (unpaired) electrons. The standard InChI is InChI=1S/C24H31N5O3/c1-15(2)29-23-22(12-25-29)21(8-16(3)26-23)24(30)27-18-6-7-28(14-18)13-17-9-19(31-4)11-20(10-17)32-5/h8-12,15,18H,6-7,13-14H2,1-5H3,(H,27,30). The summed E-state index contributed by atoms with van der Waals surface area (Å²) in [7, 11) is 3.31. The zero-order valence-corrected chi connectivity index (χ0v) is 19.4. The van der Waals surface area contributed by atoms with Gasteiger partial charge in [0.1, 0.15) is 11.5 Å². The fourth-order valence-corrected chi connectivity index (χ4v) is 4.28. The van der Waals surface area contributed by atoms with Gasteiger partial charge in [0.25, 0.3) is 5.91 Å². The normalized spacial score (nSPS) is 16.6. The number of fused-ring (bicyclic) bond motifs is 1. The van der Waals surface area contributed by atoms with E-state index in [2.05, 4.69) is 34.1 Å². The zero-order valence-electron chi connectivity index (χ0n) is 19.4. The molecule has 1 atom stereocenters. The molecule has 0 saturated carbocycles. The van der Waals surface area contributed by atoms with Gasteiger partial charge >= 0.3 is 0 Å². The lowest BCUT2D eigenvalue weighted by Gasteiger charge is -2.18. The third-order valence-electron chi connectivity index (χ3n) is 5.85. The van der Waals surface area contributed by atoms with Crippen molar-refractivity contribution in [2.45, 2.75) is 45.8 Å². The van der Waals surface area contributed by atoms with E-state index in [9.17, 15) is 4.79 Å². The van der Waals surface area contributed by atoms with E-state index < -0.39 is 0 Å². The highest BCUT2D eigenvalue weighted by atomic mass is 16.5. The first-order valence-electron chi connectivity index (χ1n) is 11.0. The van der Waals surface area contributed by atoms with Crippen LogP contribution in [0.15, 0.2) is 30.5 Å². The first kappa shape index (κ1) is 22.1. The number of aromatic nitrogens is 3. The highest BCUT2D eigenvalue weighted by Gasteiger charge is 2.26. The Kier molecular flexibility index (Phi) is 6.32. The van der Waals surface area contributed by atoms with Crippen LogP contribution in [0.3, 0.4) is 0 Å². The number of benzene rings is 1. The maximum absolute atomic E-state index is 13.2. The van der Waals surface area contributed by atoms with E-state index in [1.165, 1.54) is 0 Å². The van der Waals surface area contributed by atoms with Crippen LogP contribution in [-0.4, -0.2) is 58.9 Å². The Morgan fingerprint density at radius 2 is 1.91 bits per heavy atom. The largest absolute Gasteiger partial charge is 0.497 e. The van der Waals surface area contributed by atoms with Crippen LogP contribution in [-0.2, 0) is 6.54 Å². The number of methoxy groups -OCH3 is 2. The van der Waals surface area contributed by atoms with Crippen molar-refractivity contribution in [3.05, 3.63) is 47.3 Å². The maximum atomic E-state index is 13.2. The lowest BCUT2D eigenvalue weighted by atomic mass is 10.1. The Hall–Kier alpha value is -3.13. The van der Waals surface area contributed by atoms with Gasteiger partial charge in [-0.05, 0) is 51.0 Å². The molecule has 3 aromatic rings. The highest BCUT2D eigenvalue weighted by molar-refractivity contribution is 6.05. The lowest BCUT2D eigenvalue weighted by molar-refractivity contribution is 0.0939. The molecule has 0 aliphatic carbocycles. The van der Waals surface area contributed by atoms with Gasteiger partial charge in [-0.3, -0.25) is 9.69 Å². The second kappa shape index (κ2) is 9.16. The molecule has 8 heteroatoms. The van der Waals surface area contributed by atoms with Crippen LogP contribution in [0.5, 0.6) is 11.5 Å². The van der Waals surface area contributed by atoms with Gasteiger partial charge in [-0.1, -0.05) is 0 Å². The second-order valence-electron chi connectivity index (χ2n) is 8.65. The van der Waals surface area contributed by atoms with Gasteiger partial charge in [-0.15, -0.1) is 0 Å². The van der Waals surface area contributed by atoms with Crippen molar-refractivity contribution in [3.8, 4) is 11.5 Å². The van der Waals surface area contributed by atoms with Crippen LogP contribution in [0.4, 0.5) is 0 Å². The number of likely N-dealkylation sites (tertiary alicyclic amines) is 1. The second-order valence-corrected chi connectivity index (χ2v) is 8.65. The van der Waals surface area contributed by atoms with Gasteiger partial charge in [0, 0.05) is 43.5 Å². The summed E-state index contributed by atoms with van der Waals surface area (Å²) < 4.78 is 12.6. The number of nitrogens with zero attached hydrogens (tertiary/aromatic N) is 4.